The summed E-state index contributed by atoms with van der Waals surface area (Å²) in [5.41, 5.74) is -0.285. The van der Waals surface area contributed by atoms with Gasteiger partial charge in [-0.3, -0.25) is 0 Å². The van der Waals surface area contributed by atoms with Gasteiger partial charge in [0.05, 0.1) is 6.07 Å². The summed E-state index contributed by atoms with van der Waals surface area (Å²) >= 11 is 1.89. The maximum absolute atomic E-state index is 9.18. The van der Waals surface area contributed by atoms with Crippen molar-refractivity contribution >= 4 is 11.8 Å². The highest BCUT2D eigenvalue weighted by atomic mass is 32.2. The van der Waals surface area contributed by atoms with Crippen LogP contribution < -0.4 is 5.32 Å². The van der Waals surface area contributed by atoms with Crippen LogP contribution in [0.2, 0.25) is 0 Å². The fourth-order valence-electron chi connectivity index (χ4n) is 2.18. The normalized spacial score (nSPS) is 28.9. The molecular formula is C13H16N2S. The number of hydrogen-bond acceptors (Lipinski definition) is 3. The molecule has 1 saturated carbocycles. The van der Waals surface area contributed by atoms with Gasteiger partial charge in [0.15, 0.2) is 0 Å². The second kappa shape index (κ2) is 4.90. The van der Waals surface area contributed by atoms with E-state index in [-0.39, 0.29) is 5.54 Å². The Hall–Kier alpha value is -0.980. The second-order valence-corrected chi connectivity index (χ2v) is 5.61. The Morgan fingerprint density at radius 2 is 2.19 bits per heavy atom. The molecule has 1 N–H and O–H groups in total. The highest BCUT2D eigenvalue weighted by Crippen LogP contribution is 2.39. The quantitative estimate of drug-likeness (QED) is 0.870. The minimum atomic E-state index is -0.285. The van der Waals surface area contributed by atoms with Crippen molar-refractivity contribution in [1.82, 2.24) is 5.32 Å². The Bertz CT molecular complexity index is 385. The molecule has 2 atom stereocenters. The number of hydrogen-bond donors (Lipinski definition) is 1. The molecule has 1 aliphatic carbocycles. The first-order valence-corrected chi connectivity index (χ1v) is 6.48. The van der Waals surface area contributed by atoms with Gasteiger partial charge in [-0.15, -0.1) is 11.8 Å². The minimum absolute atomic E-state index is 0.285. The van der Waals surface area contributed by atoms with E-state index in [1.807, 2.05) is 24.9 Å². The van der Waals surface area contributed by atoms with Crippen LogP contribution in [-0.4, -0.2) is 17.8 Å². The summed E-state index contributed by atoms with van der Waals surface area (Å²) in [5, 5.41) is 12.9. The van der Waals surface area contributed by atoms with E-state index in [4.69, 9.17) is 0 Å². The topological polar surface area (TPSA) is 35.8 Å². The van der Waals surface area contributed by atoms with Crippen molar-refractivity contribution in [2.24, 2.45) is 0 Å². The molecule has 1 aromatic carbocycles. The molecule has 2 rings (SSSR count). The molecule has 3 heteroatoms. The van der Waals surface area contributed by atoms with Crippen LogP contribution in [0.25, 0.3) is 0 Å². The molecule has 0 radical (unpaired) electrons. The smallest absolute Gasteiger partial charge is 0.107 e. The first-order chi connectivity index (χ1) is 7.78. The lowest BCUT2D eigenvalue weighted by atomic mass is 10.0. The number of nitriles is 1. The zero-order valence-electron chi connectivity index (χ0n) is 9.44. The molecule has 0 heterocycles. The number of benzene rings is 1. The van der Waals surface area contributed by atoms with Crippen LogP contribution in [0.3, 0.4) is 0 Å². The molecule has 16 heavy (non-hydrogen) atoms. The number of rotatable bonds is 3. The Kier molecular flexibility index (Phi) is 3.52. The van der Waals surface area contributed by atoms with Gasteiger partial charge in [-0.1, -0.05) is 18.2 Å². The molecule has 0 aliphatic heterocycles. The third-order valence-corrected chi connectivity index (χ3v) is 4.49. The van der Waals surface area contributed by atoms with Crippen LogP contribution in [0.15, 0.2) is 35.2 Å². The van der Waals surface area contributed by atoms with Gasteiger partial charge in [0.25, 0.3) is 0 Å². The molecular weight excluding hydrogens is 216 g/mol. The Balaban J connectivity index is 1.98. The SMILES string of the molecule is CNC1(C#N)CCC(Sc2ccccc2)C1. The zero-order chi connectivity index (χ0) is 11.4. The van der Waals surface area contributed by atoms with Crippen molar-refractivity contribution in [1.29, 1.82) is 5.26 Å². The predicted molar refractivity (Wildman–Crippen MR) is 67.3 cm³/mol. The lowest BCUT2D eigenvalue weighted by Gasteiger charge is -2.19. The summed E-state index contributed by atoms with van der Waals surface area (Å²) in [5.74, 6) is 0. The highest BCUT2D eigenvalue weighted by molar-refractivity contribution is 8.00. The van der Waals surface area contributed by atoms with Gasteiger partial charge >= 0.3 is 0 Å². The molecule has 0 aromatic heterocycles. The van der Waals surface area contributed by atoms with E-state index in [0.29, 0.717) is 5.25 Å². The van der Waals surface area contributed by atoms with Crippen LogP contribution in [0.1, 0.15) is 19.3 Å². The zero-order valence-corrected chi connectivity index (χ0v) is 10.3. The van der Waals surface area contributed by atoms with Crippen LogP contribution in [0.5, 0.6) is 0 Å². The summed E-state index contributed by atoms with van der Waals surface area (Å²) in [6.07, 6.45) is 3.03. The van der Waals surface area contributed by atoms with E-state index in [2.05, 4.69) is 35.7 Å². The van der Waals surface area contributed by atoms with Crippen molar-refractivity contribution in [3.8, 4) is 6.07 Å². The lowest BCUT2D eigenvalue weighted by molar-refractivity contribution is 0.464. The monoisotopic (exact) mass is 232 g/mol. The summed E-state index contributed by atoms with van der Waals surface area (Å²) in [7, 11) is 1.89. The maximum Gasteiger partial charge on any atom is 0.107 e. The average molecular weight is 232 g/mol. The van der Waals surface area contributed by atoms with Crippen molar-refractivity contribution in [2.45, 2.75) is 34.9 Å². The van der Waals surface area contributed by atoms with Gasteiger partial charge in [0.1, 0.15) is 5.54 Å². The van der Waals surface area contributed by atoms with Crippen molar-refractivity contribution in [3.05, 3.63) is 30.3 Å². The van der Waals surface area contributed by atoms with Gasteiger partial charge in [0, 0.05) is 10.1 Å². The minimum Gasteiger partial charge on any atom is -0.302 e. The summed E-state index contributed by atoms with van der Waals surface area (Å²) in [4.78, 5) is 1.30. The Labute approximate surface area is 101 Å². The third kappa shape index (κ3) is 2.40. The van der Waals surface area contributed by atoms with Gasteiger partial charge in [0.2, 0.25) is 0 Å². The van der Waals surface area contributed by atoms with Crippen molar-refractivity contribution < 1.29 is 0 Å². The van der Waals surface area contributed by atoms with Crippen LogP contribution in [-0.2, 0) is 0 Å². The Morgan fingerprint density at radius 1 is 1.44 bits per heavy atom. The van der Waals surface area contributed by atoms with Gasteiger partial charge in [-0.05, 0) is 38.4 Å². The first-order valence-electron chi connectivity index (χ1n) is 5.60. The first kappa shape index (κ1) is 11.5. The van der Waals surface area contributed by atoms with Crippen molar-refractivity contribution in [2.75, 3.05) is 7.05 Å². The number of nitrogens with one attached hydrogen (secondary N) is 1. The molecule has 0 saturated heterocycles. The summed E-state index contributed by atoms with van der Waals surface area (Å²) in [6, 6.07) is 12.8. The largest absolute Gasteiger partial charge is 0.302 e. The van der Waals surface area contributed by atoms with Gasteiger partial charge < -0.3 is 5.32 Å². The molecule has 84 valence electrons. The fourth-order valence-corrected chi connectivity index (χ4v) is 3.48. The lowest BCUT2D eigenvalue weighted by Crippen LogP contribution is -2.38. The van der Waals surface area contributed by atoms with Crippen LogP contribution in [0, 0.1) is 11.3 Å². The van der Waals surface area contributed by atoms with E-state index < -0.39 is 0 Å². The number of thioether (sulfide) groups is 1. The van der Waals surface area contributed by atoms with E-state index in [1.54, 1.807) is 0 Å². The van der Waals surface area contributed by atoms with Gasteiger partial charge in [-0.2, -0.15) is 5.26 Å². The summed E-state index contributed by atoms with van der Waals surface area (Å²) in [6.45, 7) is 0. The van der Waals surface area contributed by atoms with Crippen LogP contribution >= 0.6 is 11.8 Å². The summed E-state index contributed by atoms with van der Waals surface area (Å²) < 4.78 is 0. The van der Waals surface area contributed by atoms with Gasteiger partial charge in [-0.25, -0.2) is 0 Å². The fraction of sp³-hybridized carbons (Fsp3) is 0.462. The molecule has 0 spiro atoms. The maximum atomic E-state index is 9.18. The molecule has 2 nitrogen and oxygen atoms in total. The van der Waals surface area contributed by atoms with E-state index >= 15 is 0 Å². The molecule has 0 amide bonds. The van der Waals surface area contributed by atoms with E-state index in [0.717, 1.165) is 19.3 Å². The average Bonchev–Trinajstić information content (AvgIpc) is 2.75. The molecule has 2 unspecified atom stereocenters. The van der Waals surface area contributed by atoms with E-state index in [1.165, 1.54) is 4.90 Å². The highest BCUT2D eigenvalue weighted by Gasteiger charge is 2.38. The van der Waals surface area contributed by atoms with Crippen molar-refractivity contribution in [3.63, 3.8) is 0 Å². The molecule has 1 aliphatic rings. The third-order valence-electron chi connectivity index (χ3n) is 3.21. The molecule has 1 aromatic rings. The number of nitrogens with zero attached hydrogens (tertiary/aromatic N) is 1. The molecule has 1 fully saturated rings. The van der Waals surface area contributed by atoms with E-state index in [9.17, 15) is 5.26 Å². The van der Waals surface area contributed by atoms with Crippen LogP contribution in [0.4, 0.5) is 0 Å². The standard InChI is InChI=1S/C13H16N2S/c1-15-13(10-14)8-7-12(9-13)16-11-5-3-2-4-6-11/h2-6,12,15H,7-9H2,1H3. The predicted octanol–water partition coefficient (Wildman–Crippen LogP) is 2.81. The second-order valence-electron chi connectivity index (χ2n) is 4.24. The Morgan fingerprint density at radius 3 is 2.75 bits per heavy atom. The molecule has 0 bridgehead atoms.